The van der Waals surface area contributed by atoms with E-state index < -0.39 is 40.9 Å². The normalized spacial score (nSPS) is 21.3. The molecule has 3 aromatic rings. The van der Waals surface area contributed by atoms with Crippen LogP contribution in [-0.4, -0.2) is 44.8 Å². The summed E-state index contributed by atoms with van der Waals surface area (Å²) in [6.45, 7) is 1.75. The third kappa shape index (κ3) is 4.32. The van der Waals surface area contributed by atoms with Gasteiger partial charge >= 0.3 is 6.18 Å². The number of nitrogens with zero attached hydrogens (tertiary/aromatic N) is 4. The maximum Gasteiger partial charge on any atom is 0.416 e. The molecule has 33 heavy (non-hydrogen) atoms. The van der Waals surface area contributed by atoms with Crippen LogP contribution < -0.4 is 0 Å². The zero-order valence-electron chi connectivity index (χ0n) is 17.4. The van der Waals surface area contributed by atoms with Gasteiger partial charge in [0.15, 0.2) is 0 Å². The van der Waals surface area contributed by atoms with Crippen LogP contribution >= 0.6 is 0 Å². The van der Waals surface area contributed by atoms with Crippen molar-refractivity contribution in [1.82, 2.24) is 19.7 Å². The molecule has 1 aliphatic heterocycles. The average molecular weight is 466 g/mol. The van der Waals surface area contributed by atoms with E-state index in [-0.39, 0.29) is 30.8 Å². The number of aromatic nitrogens is 3. The van der Waals surface area contributed by atoms with Crippen molar-refractivity contribution < 1.29 is 31.5 Å². The quantitative estimate of drug-likeness (QED) is 0.545. The summed E-state index contributed by atoms with van der Waals surface area (Å²) in [4.78, 5) is 18.5. The van der Waals surface area contributed by atoms with Gasteiger partial charge in [-0.15, -0.1) is 0 Å². The molecule has 6 nitrogen and oxygen atoms in total. The molecule has 1 amide bonds. The topological polar surface area (TPSA) is 60.2 Å². The Morgan fingerprint density at radius 3 is 2.52 bits per heavy atom. The van der Waals surface area contributed by atoms with Crippen LogP contribution in [0.2, 0.25) is 0 Å². The minimum Gasteiger partial charge on any atom is -0.364 e. The van der Waals surface area contributed by atoms with Gasteiger partial charge in [-0.3, -0.25) is 4.79 Å². The SMILES string of the molecule is CC1N(C(=O)c2ccc(C(F)(F)F)cc2)CCOC1(Cn1cncn1)c1ccc(F)cc1F. The number of carbonyl (C=O) groups excluding carboxylic acids is 1. The van der Waals surface area contributed by atoms with E-state index >= 15 is 0 Å². The molecule has 2 atom stereocenters. The number of carbonyl (C=O) groups is 1. The van der Waals surface area contributed by atoms with E-state index in [4.69, 9.17) is 4.74 Å². The number of ether oxygens (including phenoxy) is 1. The highest BCUT2D eigenvalue weighted by Crippen LogP contribution is 2.39. The lowest BCUT2D eigenvalue weighted by molar-refractivity contribution is -0.149. The van der Waals surface area contributed by atoms with Crippen LogP contribution in [0, 0.1) is 11.6 Å². The fourth-order valence-electron chi connectivity index (χ4n) is 4.09. The molecule has 0 aliphatic carbocycles. The third-order valence-corrected chi connectivity index (χ3v) is 5.80. The zero-order valence-corrected chi connectivity index (χ0v) is 17.4. The van der Waals surface area contributed by atoms with Crippen LogP contribution in [0.3, 0.4) is 0 Å². The Bertz CT molecular complexity index is 1130. The molecule has 11 heteroatoms. The Hall–Kier alpha value is -3.34. The summed E-state index contributed by atoms with van der Waals surface area (Å²) < 4.78 is 74.6. The van der Waals surface area contributed by atoms with Gasteiger partial charge in [-0.2, -0.15) is 18.3 Å². The van der Waals surface area contributed by atoms with Crippen molar-refractivity contribution in [3.05, 3.63) is 83.4 Å². The van der Waals surface area contributed by atoms with Crippen molar-refractivity contribution in [1.29, 1.82) is 0 Å². The summed E-state index contributed by atoms with van der Waals surface area (Å²) in [5.74, 6) is -2.16. The van der Waals surface area contributed by atoms with Crippen molar-refractivity contribution in [3.8, 4) is 0 Å². The first kappa shape index (κ1) is 22.8. The second-order valence-corrected chi connectivity index (χ2v) is 7.70. The average Bonchev–Trinajstić information content (AvgIpc) is 3.27. The van der Waals surface area contributed by atoms with Crippen LogP contribution in [0.15, 0.2) is 55.1 Å². The standard InChI is InChI=1S/C22H19F5N4O2/c1-14-21(11-30-13-28-12-29-30,18-7-6-17(23)10-19(18)24)33-9-8-31(14)20(32)15-2-4-16(5-3-15)22(25,26)27/h2-7,10,12-14H,8-9,11H2,1H3. The molecule has 2 unspecified atom stereocenters. The Balaban J connectivity index is 1.72. The molecule has 2 heterocycles. The van der Waals surface area contributed by atoms with E-state index in [1.165, 1.54) is 28.3 Å². The lowest BCUT2D eigenvalue weighted by atomic mass is 9.83. The van der Waals surface area contributed by atoms with Crippen LogP contribution in [0.1, 0.15) is 28.4 Å². The van der Waals surface area contributed by atoms with E-state index in [2.05, 4.69) is 10.1 Å². The van der Waals surface area contributed by atoms with Gasteiger partial charge in [0.1, 0.15) is 29.9 Å². The maximum atomic E-state index is 14.9. The summed E-state index contributed by atoms with van der Waals surface area (Å²) in [6, 6.07) is 6.16. The first-order chi connectivity index (χ1) is 15.6. The minimum absolute atomic E-state index is 0.0161. The van der Waals surface area contributed by atoms with Crippen molar-refractivity contribution >= 4 is 5.91 Å². The lowest BCUT2D eigenvalue weighted by Crippen LogP contribution is -2.60. The predicted molar refractivity (Wildman–Crippen MR) is 106 cm³/mol. The Labute approximate surface area is 185 Å². The van der Waals surface area contributed by atoms with E-state index in [0.29, 0.717) is 0 Å². The van der Waals surface area contributed by atoms with Gasteiger partial charge in [-0.1, -0.05) is 6.07 Å². The molecule has 0 radical (unpaired) electrons. The molecule has 1 saturated heterocycles. The molecule has 2 aromatic carbocycles. The van der Waals surface area contributed by atoms with Gasteiger partial charge in [0.2, 0.25) is 0 Å². The van der Waals surface area contributed by atoms with Crippen LogP contribution in [0.4, 0.5) is 22.0 Å². The number of benzene rings is 2. The molecule has 0 spiro atoms. The van der Waals surface area contributed by atoms with Crippen LogP contribution in [0.5, 0.6) is 0 Å². The molecule has 0 saturated carbocycles. The third-order valence-electron chi connectivity index (χ3n) is 5.80. The highest BCUT2D eigenvalue weighted by Gasteiger charge is 2.49. The van der Waals surface area contributed by atoms with Crippen molar-refractivity contribution in [2.75, 3.05) is 13.2 Å². The molecule has 4 rings (SSSR count). The van der Waals surface area contributed by atoms with E-state index in [1.54, 1.807) is 6.92 Å². The fraction of sp³-hybridized carbons (Fsp3) is 0.318. The zero-order chi connectivity index (χ0) is 23.8. The Morgan fingerprint density at radius 1 is 1.18 bits per heavy atom. The molecule has 1 fully saturated rings. The largest absolute Gasteiger partial charge is 0.416 e. The van der Waals surface area contributed by atoms with Gasteiger partial charge in [0.05, 0.1) is 24.8 Å². The molecule has 0 bridgehead atoms. The number of hydrogen-bond donors (Lipinski definition) is 0. The van der Waals surface area contributed by atoms with Crippen LogP contribution in [-0.2, 0) is 23.1 Å². The molecule has 1 aliphatic rings. The molecular formula is C22H19F5N4O2. The maximum absolute atomic E-state index is 14.9. The number of rotatable bonds is 4. The summed E-state index contributed by atoms with van der Waals surface area (Å²) in [7, 11) is 0. The van der Waals surface area contributed by atoms with Crippen molar-refractivity contribution in [3.63, 3.8) is 0 Å². The van der Waals surface area contributed by atoms with Gasteiger partial charge in [0.25, 0.3) is 5.91 Å². The van der Waals surface area contributed by atoms with Gasteiger partial charge in [-0.25, -0.2) is 18.4 Å². The second kappa shape index (κ2) is 8.54. The number of alkyl halides is 3. The number of amides is 1. The van der Waals surface area contributed by atoms with Crippen molar-refractivity contribution in [2.24, 2.45) is 0 Å². The molecule has 0 N–H and O–H groups in total. The smallest absolute Gasteiger partial charge is 0.364 e. The highest BCUT2D eigenvalue weighted by molar-refractivity contribution is 5.94. The summed E-state index contributed by atoms with van der Waals surface area (Å²) >= 11 is 0. The van der Waals surface area contributed by atoms with Gasteiger partial charge in [-0.05, 0) is 37.3 Å². The first-order valence-electron chi connectivity index (χ1n) is 10.0. The summed E-state index contributed by atoms with van der Waals surface area (Å²) in [5, 5.41) is 4.04. The van der Waals surface area contributed by atoms with Crippen LogP contribution in [0.25, 0.3) is 0 Å². The number of morpholine rings is 1. The number of halogens is 5. The van der Waals surface area contributed by atoms with Gasteiger partial charge < -0.3 is 9.64 Å². The molecular weight excluding hydrogens is 447 g/mol. The van der Waals surface area contributed by atoms with E-state index in [1.807, 2.05) is 0 Å². The summed E-state index contributed by atoms with van der Waals surface area (Å²) in [5.41, 5.74) is -2.25. The number of hydrogen-bond acceptors (Lipinski definition) is 4. The van der Waals surface area contributed by atoms with E-state index in [9.17, 15) is 26.7 Å². The fourth-order valence-corrected chi connectivity index (χ4v) is 4.09. The van der Waals surface area contributed by atoms with Gasteiger partial charge in [0, 0.05) is 23.7 Å². The molecule has 1 aromatic heterocycles. The first-order valence-corrected chi connectivity index (χ1v) is 10.0. The highest BCUT2D eigenvalue weighted by atomic mass is 19.4. The summed E-state index contributed by atoms with van der Waals surface area (Å²) in [6.07, 6.45) is -1.84. The van der Waals surface area contributed by atoms with Crippen molar-refractivity contribution in [2.45, 2.75) is 31.3 Å². The minimum atomic E-state index is -4.53. The second-order valence-electron chi connectivity index (χ2n) is 7.70. The monoisotopic (exact) mass is 466 g/mol. The lowest BCUT2D eigenvalue weighted by Gasteiger charge is -2.48. The Kier molecular flexibility index (Phi) is 5.91. The van der Waals surface area contributed by atoms with E-state index in [0.717, 1.165) is 36.4 Å². The molecule has 174 valence electrons. The predicted octanol–water partition coefficient (Wildman–Crippen LogP) is 4.03. The Morgan fingerprint density at radius 2 is 1.91 bits per heavy atom.